The molecule has 2 N–H and O–H groups in total. The summed E-state index contributed by atoms with van der Waals surface area (Å²) in [6, 6.07) is 16.7. The normalized spacial score (nSPS) is 10.2. The Kier molecular flexibility index (Phi) is 4.86. The van der Waals surface area contributed by atoms with Crippen molar-refractivity contribution in [1.29, 1.82) is 0 Å². The lowest BCUT2D eigenvalue weighted by Crippen LogP contribution is -2.12. The molecule has 0 fully saturated rings. The quantitative estimate of drug-likeness (QED) is 0.665. The largest absolute Gasteiger partial charge is 0.340 e. The molecule has 0 saturated heterocycles. The van der Waals surface area contributed by atoms with E-state index in [9.17, 15) is 9.18 Å². The third-order valence-corrected chi connectivity index (χ3v) is 3.70. The van der Waals surface area contributed by atoms with Gasteiger partial charge in [-0.1, -0.05) is 28.1 Å². The molecule has 6 heteroatoms. The fourth-order valence-electron chi connectivity index (χ4n) is 2.09. The number of amides is 1. The summed E-state index contributed by atoms with van der Waals surface area (Å²) in [5.74, 6) is -0.0532. The third kappa shape index (κ3) is 4.17. The summed E-state index contributed by atoms with van der Waals surface area (Å²) in [5.41, 5.74) is 1.71. The van der Waals surface area contributed by atoms with Crippen molar-refractivity contribution in [1.82, 2.24) is 4.98 Å². The number of nitrogens with one attached hydrogen (secondary N) is 2. The number of pyridine rings is 1. The van der Waals surface area contributed by atoms with Gasteiger partial charge in [-0.2, -0.15) is 0 Å². The van der Waals surface area contributed by atoms with Crippen LogP contribution in [0.5, 0.6) is 0 Å². The summed E-state index contributed by atoms with van der Waals surface area (Å²) >= 11 is 3.36. The molecular weight excluding hydrogens is 373 g/mol. The van der Waals surface area contributed by atoms with Crippen LogP contribution in [-0.2, 0) is 0 Å². The second-order valence-corrected chi connectivity index (χ2v) is 5.95. The minimum Gasteiger partial charge on any atom is -0.340 e. The van der Waals surface area contributed by atoms with Crippen LogP contribution in [0.3, 0.4) is 0 Å². The second-order valence-electron chi connectivity index (χ2n) is 5.03. The zero-order chi connectivity index (χ0) is 16.9. The number of rotatable bonds is 4. The fraction of sp³-hybridized carbons (Fsp3) is 0. The average molecular weight is 386 g/mol. The highest BCUT2D eigenvalue weighted by Crippen LogP contribution is 2.18. The van der Waals surface area contributed by atoms with Gasteiger partial charge in [0.15, 0.2) is 0 Å². The van der Waals surface area contributed by atoms with Crippen LogP contribution >= 0.6 is 15.9 Å². The van der Waals surface area contributed by atoms with Crippen LogP contribution in [0.25, 0.3) is 0 Å². The average Bonchev–Trinajstić information content (AvgIpc) is 2.55. The summed E-state index contributed by atoms with van der Waals surface area (Å²) in [6.07, 6.45) is 1.47. The molecule has 3 aromatic rings. The van der Waals surface area contributed by atoms with E-state index >= 15 is 0 Å². The fourth-order valence-corrected chi connectivity index (χ4v) is 2.48. The number of benzene rings is 2. The number of carbonyl (C=O) groups is 1. The smallest absolute Gasteiger partial charge is 0.257 e. The minimum atomic E-state index is -0.329. The van der Waals surface area contributed by atoms with Crippen LogP contribution in [0.15, 0.2) is 71.3 Å². The lowest BCUT2D eigenvalue weighted by molar-refractivity contribution is 0.102. The topological polar surface area (TPSA) is 54.0 Å². The molecule has 4 nitrogen and oxygen atoms in total. The number of aromatic nitrogens is 1. The molecule has 1 aromatic heterocycles. The van der Waals surface area contributed by atoms with Crippen LogP contribution in [0.4, 0.5) is 21.6 Å². The van der Waals surface area contributed by atoms with Crippen molar-refractivity contribution in [2.45, 2.75) is 0 Å². The maximum absolute atomic E-state index is 13.2. The van der Waals surface area contributed by atoms with E-state index in [-0.39, 0.29) is 11.7 Å². The predicted molar refractivity (Wildman–Crippen MR) is 96.0 cm³/mol. The predicted octanol–water partition coefficient (Wildman–Crippen LogP) is 4.98. The lowest BCUT2D eigenvalue weighted by atomic mass is 10.2. The van der Waals surface area contributed by atoms with Crippen LogP contribution in [-0.4, -0.2) is 10.9 Å². The molecule has 0 radical (unpaired) electrons. The first-order chi connectivity index (χ1) is 11.6. The molecule has 1 amide bonds. The molecule has 2 aromatic carbocycles. The lowest BCUT2D eigenvalue weighted by Gasteiger charge is -2.08. The highest BCUT2D eigenvalue weighted by Gasteiger charge is 2.07. The van der Waals surface area contributed by atoms with Gasteiger partial charge in [0.1, 0.15) is 11.6 Å². The molecule has 0 aliphatic heterocycles. The Hall–Kier alpha value is -2.73. The molecule has 3 rings (SSSR count). The summed E-state index contributed by atoms with van der Waals surface area (Å²) < 4.78 is 14.0. The first kappa shape index (κ1) is 16.1. The van der Waals surface area contributed by atoms with E-state index in [1.807, 2.05) is 18.2 Å². The van der Waals surface area contributed by atoms with E-state index in [2.05, 4.69) is 31.5 Å². The highest BCUT2D eigenvalue weighted by molar-refractivity contribution is 9.10. The van der Waals surface area contributed by atoms with Gasteiger partial charge in [-0.25, -0.2) is 9.37 Å². The third-order valence-electron chi connectivity index (χ3n) is 3.21. The van der Waals surface area contributed by atoms with E-state index in [1.165, 1.54) is 18.3 Å². The van der Waals surface area contributed by atoms with Gasteiger partial charge < -0.3 is 10.6 Å². The van der Waals surface area contributed by atoms with Crippen molar-refractivity contribution in [3.8, 4) is 0 Å². The van der Waals surface area contributed by atoms with E-state index in [0.29, 0.717) is 22.8 Å². The summed E-state index contributed by atoms with van der Waals surface area (Å²) in [4.78, 5) is 16.4. The van der Waals surface area contributed by atoms with Crippen molar-refractivity contribution in [2.75, 3.05) is 10.6 Å². The SMILES string of the molecule is O=C(Nc1cccc(Br)c1)c1ccc(Nc2cccc(F)c2)nc1. The van der Waals surface area contributed by atoms with Crippen LogP contribution in [0.1, 0.15) is 10.4 Å². The van der Waals surface area contributed by atoms with Crippen LogP contribution in [0, 0.1) is 5.82 Å². The van der Waals surface area contributed by atoms with Crippen molar-refractivity contribution >= 4 is 39.0 Å². The summed E-state index contributed by atoms with van der Waals surface area (Å²) in [5, 5.41) is 5.78. The number of hydrogen-bond acceptors (Lipinski definition) is 3. The first-order valence-corrected chi connectivity index (χ1v) is 7.95. The van der Waals surface area contributed by atoms with Gasteiger partial charge in [0.25, 0.3) is 5.91 Å². The van der Waals surface area contributed by atoms with Gasteiger partial charge >= 0.3 is 0 Å². The Morgan fingerprint density at radius 2 is 1.79 bits per heavy atom. The standard InChI is InChI=1S/C18H13BrFN3O/c19-13-3-1-5-15(9-13)23-18(24)12-7-8-17(21-11-12)22-16-6-2-4-14(20)10-16/h1-11H,(H,21,22)(H,23,24). The van der Waals surface area contributed by atoms with Gasteiger partial charge in [-0.15, -0.1) is 0 Å². The molecule has 0 spiro atoms. The van der Waals surface area contributed by atoms with Crippen molar-refractivity contribution in [3.05, 3.63) is 82.7 Å². The molecule has 1 heterocycles. The monoisotopic (exact) mass is 385 g/mol. The molecule has 120 valence electrons. The van der Waals surface area contributed by atoms with Crippen molar-refractivity contribution < 1.29 is 9.18 Å². The molecule has 0 aliphatic rings. The highest BCUT2D eigenvalue weighted by atomic mass is 79.9. The van der Waals surface area contributed by atoms with E-state index < -0.39 is 0 Å². The summed E-state index contributed by atoms with van der Waals surface area (Å²) in [7, 11) is 0. The zero-order valence-electron chi connectivity index (χ0n) is 12.5. The first-order valence-electron chi connectivity index (χ1n) is 7.16. The molecule has 0 saturated carbocycles. The Labute approximate surface area is 146 Å². The Balaban J connectivity index is 1.68. The molecule has 0 atom stereocenters. The van der Waals surface area contributed by atoms with Gasteiger partial charge in [0.2, 0.25) is 0 Å². The second kappa shape index (κ2) is 7.23. The van der Waals surface area contributed by atoms with E-state index in [4.69, 9.17) is 0 Å². The molecule has 0 bridgehead atoms. The van der Waals surface area contributed by atoms with Gasteiger partial charge in [-0.05, 0) is 48.5 Å². The van der Waals surface area contributed by atoms with E-state index in [0.717, 1.165) is 4.47 Å². The number of carbonyl (C=O) groups excluding carboxylic acids is 1. The molecule has 0 aliphatic carbocycles. The Morgan fingerprint density at radius 1 is 1.00 bits per heavy atom. The molecule has 0 unspecified atom stereocenters. The maximum atomic E-state index is 13.2. The van der Waals surface area contributed by atoms with Crippen molar-refractivity contribution in [2.24, 2.45) is 0 Å². The Bertz CT molecular complexity index is 868. The number of halogens is 2. The zero-order valence-corrected chi connectivity index (χ0v) is 14.0. The van der Waals surface area contributed by atoms with Gasteiger partial charge in [0.05, 0.1) is 5.56 Å². The van der Waals surface area contributed by atoms with Crippen molar-refractivity contribution in [3.63, 3.8) is 0 Å². The number of anilines is 3. The Morgan fingerprint density at radius 3 is 2.50 bits per heavy atom. The number of hydrogen-bond donors (Lipinski definition) is 2. The van der Waals surface area contributed by atoms with Gasteiger partial charge in [0, 0.05) is 22.0 Å². The molecule has 24 heavy (non-hydrogen) atoms. The van der Waals surface area contributed by atoms with Gasteiger partial charge in [-0.3, -0.25) is 4.79 Å². The summed E-state index contributed by atoms with van der Waals surface area (Å²) in [6.45, 7) is 0. The van der Waals surface area contributed by atoms with E-state index in [1.54, 1.807) is 30.3 Å². The van der Waals surface area contributed by atoms with Crippen LogP contribution < -0.4 is 10.6 Å². The maximum Gasteiger partial charge on any atom is 0.257 e. The molecular formula is C18H13BrFN3O. The van der Waals surface area contributed by atoms with Crippen LogP contribution in [0.2, 0.25) is 0 Å². The minimum absolute atomic E-state index is 0.252. The number of nitrogens with zero attached hydrogens (tertiary/aromatic N) is 1.